The standard InChI is InChI=1S/C26H50O6/c1-21(2,3)25(29,22(4,5)6)19(27)31-17-15-13-14-16-18-32-20(28)26(30,23(7,8)9)24(10,11)12/h29-30H,13-18H2,1-12H3. The van der Waals surface area contributed by atoms with Gasteiger partial charge in [0.05, 0.1) is 13.2 Å². The summed E-state index contributed by atoms with van der Waals surface area (Å²) in [5.41, 5.74) is -5.82. The normalized spacial score (nSPS) is 14.3. The average molecular weight is 459 g/mol. The first-order valence-electron chi connectivity index (χ1n) is 11.8. The third kappa shape index (κ3) is 6.69. The summed E-state index contributed by atoms with van der Waals surface area (Å²) < 4.78 is 10.8. The van der Waals surface area contributed by atoms with Crippen LogP contribution in [0.3, 0.4) is 0 Å². The van der Waals surface area contributed by atoms with E-state index >= 15 is 0 Å². The van der Waals surface area contributed by atoms with E-state index in [0.717, 1.165) is 12.8 Å². The van der Waals surface area contributed by atoms with Crippen LogP contribution in [0.4, 0.5) is 0 Å². The van der Waals surface area contributed by atoms with Gasteiger partial charge in [0.15, 0.2) is 11.2 Å². The molecule has 0 unspecified atom stereocenters. The van der Waals surface area contributed by atoms with Crippen molar-refractivity contribution in [3.8, 4) is 0 Å². The van der Waals surface area contributed by atoms with Gasteiger partial charge < -0.3 is 19.7 Å². The zero-order valence-electron chi connectivity index (χ0n) is 22.8. The van der Waals surface area contributed by atoms with Crippen molar-refractivity contribution >= 4 is 11.9 Å². The van der Waals surface area contributed by atoms with Gasteiger partial charge in [0.25, 0.3) is 0 Å². The molecule has 0 aliphatic carbocycles. The minimum absolute atomic E-state index is 0.237. The van der Waals surface area contributed by atoms with Crippen molar-refractivity contribution in [2.24, 2.45) is 21.7 Å². The Morgan fingerprint density at radius 2 is 0.719 bits per heavy atom. The Hall–Kier alpha value is -1.14. The second kappa shape index (κ2) is 10.4. The predicted molar refractivity (Wildman–Crippen MR) is 128 cm³/mol. The summed E-state index contributed by atoms with van der Waals surface area (Å²) in [6.45, 7) is 22.5. The predicted octanol–water partition coefficient (Wildman–Crippen LogP) is 5.28. The zero-order chi connectivity index (χ0) is 25.8. The number of aliphatic hydroxyl groups is 2. The highest BCUT2D eigenvalue weighted by Crippen LogP contribution is 2.45. The summed E-state index contributed by atoms with van der Waals surface area (Å²) in [6.07, 6.45) is 2.93. The Bertz CT molecular complexity index is 539. The van der Waals surface area contributed by atoms with Crippen LogP contribution < -0.4 is 0 Å². The van der Waals surface area contributed by atoms with Gasteiger partial charge in [0.2, 0.25) is 0 Å². The van der Waals surface area contributed by atoms with E-state index < -0.39 is 44.8 Å². The first kappa shape index (κ1) is 30.9. The maximum Gasteiger partial charge on any atom is 0.339 e. The Morgan fingerprint density at radius 3 is 0.906 bits per heavy atom. The molecule has 0 bridgehead atoms. The molecular weight excluding hydrogens is 408 g/mol. The maximum atomic E-state index is 12.7. The quantitative estimate of drug-likeness (QED) is 0.361. The summed E-state index contributed by atoms with van der Waals surface area (Å²) in [7, 11) is 0. The summed E-state index contributed by atoms with van der Waals surface area (Å²) in [4.78, 5) is 25.3. The molecule has 2 N–H and O–H groups in total. The van der Waals surface area contributed by atoms with Crippen molar-refractivity contribution in [2.45, 2.75) is 120 Å². The number of hydrogen-bond donors (Lipinski definition) is 2. The number of carbonyl (C=O) groups excluding carboxylic acids is 2. The summed E-state index contributed by atoms with van der Waals surface area (Å²) in [5.74, 6) is -1.18. The topological polar surface area (TPSA) is 93.1 Å². The monoisotopic (exact) mass is 458 g/mol. The van der Waals surface area contributed by atoms with Gasteiger partial charge in [0.1, 0.15) is 0 Å². The van der Waals surface area contributed by atoms with E-state index in [9.17, 15) is 19.8 Å². The molecular formula is C26H50O6. The lowest BCUT2D eigenvalue weighted by Crippen LogP contribution is -2.59. The van der Waals surface area contributed by atoms with E-state index in [0.29, 0.717) is 12.8 Å². The second-order valence-corrected chi connectivity index (χ2v) is 13.1. The van der Waals surface area contributed by atoms with Crippen molar-refractivity contribution in [3.05, 3.63) is 0 Å². The third-order valence-corrected chi connectivity index (χ3v) is 6.44. The fourth-order valence-electron chi connectivity index (χ4n) is 4.57. The molecule has 32 heavy (non-hydrogen) atoms. The molecule has 0 amide bonds. The van der Waals surface area contributed by atoms with Crippen LogP contribution in [0.5, 0.6) is 0 Å². The number of hydrogen-bond acceptors (Lipinski definition) is 6. The van der Waals surface area contributed by atoms with Gasteiger partial charge in [-0.25, -0.2) is 9.59 Å². The van der Waals surface area contributed by atoms with Crippen molar-refractivity contribution in [2.75, 3.05) is 13.2 Å². The summed E-state index contributed by atoms with van der Waals surface area (Å²) >= 11 is 0. The molecule has 0 aromatic carbocycles. The highest BCUT2D eigenvalue weighted by molar-refractivity contribution is 5.82. The third-order valence-electron chi connectivity index (χ3n) is 6.44. The molecule has 0 rings (SSSR count). The fraction of sp³-hybridized carbons (Fsp3) is 0.923. The number of esters is 2. The van der Waals surface area contributed by atoms with E-state index in [-0.39, 0.29) is 13.2 Å². The second-order valence-electron chi connectivity index (χ2n) is 13.1. The van der Waals surface area contributed by atoms with Crippen molar-refractivity contribution in [3.63, 3.8) is 0 Å². The van der Waals surface area contributed by atoms with Crippen LogP contribution in [-0.4, -0.2) is 46.6 Å². The van der Waals surface area contributed by atoms with Crippen molar-refractivity contribution in [1.29, 1.82) is 0 Å². The lowest BCUT2D eigenvalue weighted by Gasteiger charge is -2.46. The molecule has 0 spiro atoms. The highest BCUT2D eigenvalue weighted by Gasteiger charge is 2.57. The van der Waals surface area contributed by atoms with Gasteiger partial charge in [-0.15, -0.1) is 0 Å². The molecule has 6 nitrogen and oxygen atoms in total. The molecule has 0 saturated heterocycles. The van der Waals surface area contributed by atoms with Crippen LogP contribution in [0.2, 0.25) is 0 Å². The molecule has 6 heteroatoms. The van der Waals surface area contributed by atoms with E-state index in [1.165, 1.54) is 0 Å². The largest absolute Gasteiger partial charge is 0.464 e. The van der Waals surface area contributed by atoms with Crippen LogP contribution in [-0.2, 0) is 19.1 Å². The minimum atomic E-state index is -1.59. The molecule has 0 heterocycles. The van der Waals surface area contributed by atoms with Gasteiger partial charge >= 0.3 is 11.9 Å². The maximum absolute atomic E-state index is 12.7. The molecule has 0 aromatic rings. The Morgan fingerprint density at radius 1 is 0.500 bits per heavy atom. The van der Waals surface area contributed by atoms with Gasteiger partial charge in [-0.1, -0.05) is 83.1 Å². The van der Waals surface area contributed by atoms with Crippen LogP contribution >= 0.6 is 0 Å². The fourth-order valence-corrected chi connectivity index (χ4v) is 4.57. The van der Waals surface area contributed by atoms with Crippen molar-refractivity contribution in [1.82, 2.24) is 0 Å². The molecule has 0 aliphatic heterocycles. The van der Waals surface area contributed by atoms with Crippen molar-refractivity contribution < 1.29 is 29.3 Å². The van der Waals surface area contributed by atoms with Gasteiger partial charge in [-0.2, -0.15) is 0 Å². The van der Waals surface area contributed by atoms with Crippen LogP contribution in [0.1, 0.15) is 109 Å². The van der Waals surface area contributed by atoms with Crippen LogP contribution in [0, 0.1) is 21.7 Å². The Kier molecular flexibility index (Phi) is 10.0. The molecule has 0 saturated carbocycles. The average Bonchev–Trinajstić information content (AvgIpc) is 2.57. The minimum Gasteiger partial charge on any atom is -0.464 e. The summed E-state index contributed by atoms with van der Waals surface area (Å²) in [5, 5.41) is 22.2. The Balaban J connectivity index is 4.51. The van der Waals surface area contributed by atoms with E-state index in [4.69, 9.17) is 9.47 Å². The Labute approximate surface area is 196 Å². The highest BCUT2D eigenvalue weighted by atomic mass is 16.6. The van der Waals surface area contributed by atoms with E-state index in [1.54, 1.807) is 0 Å². The molecule has 0 radical (unpaired) electrons. The number of rotatable bonds is 9. The van der Waals surface area contributed by atoms with Crippen LogP contribution in [0.25, 0.3) is 0 Å². The summed E-state index contributed by atoms with van der Waals surface area (Å²) in [6, 6.07) is 0. The van der Waals surface area contributed by atoms with E-state index in [2.05, 4.69) is 0 Å². The van der Waals surface area contributed by atoms with E-state index in [1.807, 2.05) is 83.1 Å². The lowest BCUT2D eigenvalue weighted by atomic mass is 9.62. The number of unbranched alkanes of at least 4 members (excludes halogenated alkanes) is 3. The zero-order valence-corrected chi connectivity index (χ0v) is 22.8. The molecule has 0 fully saturated rings. The lowest BCUT2D eigenvalue weighted by molar-refractivity contribution is -0.199. The van der Waals surface area contributed by atoms with Gasteiger partial charge in [0, 0.05) is 21.7 Å². The molecule has 190 valence electrons. The first-order valence-corrected chi connectivity index (χ1v) is 11.8. The van der Waals surface area contributed by atoms with Crippen LogP contribution in [0.15, 0.2) is 0 Å². The molecule has 0 aliphatic rings. The molecule has 0 atom stereocenters. The SMILES string of the molecule is CC(C)(C)C(O)(C(=O)OCCCCCCOC(=O)C(O)(C(C)(C)C)C(C)(C)C)C(C)(C)C. The van der Waals surface area contributed by atoms with Gasteiger partial charge in [-0.05, 0) is 25.7 Å². The number of ether oxygens (including phenoxy) is 2. The number of carbonyl (C=O) groups is 2. The first-order chi connectivity index (χ1) is 14.0. The molecule has 0 aromatic heterocycles. The van der Waals surface area contributed by atoms with Gasteiger partial charge in [-0.3, -0.25) is 0 Å². The smallest absolute Gasteiger partial charge is 0.339 e.